The average molecular weight is 598 g/mol. The minimum absolute atomic E-state index is 0.173. The molecule has 0 spiro atoms. The molecule has 0 radical (unpaired) electrons. The van der Waals surface area contributed by atoms with E-state index in [0.29, 0.717) is 0 Å². The van der Waals surface area contributed by atoms with Crippen molar-refractivity contribution in [2.24, 2.45) is 21.8 Å². The Balaban J connectivity index is 1.27. The molecule has 3 aromatic rings. The van der Waals surface area contributed by atoms with E-state index < -0.39 is 6.29 Å². The minimum atomic E-state index is -0.470. The van der Waals surface area contributed by atoms with E-state index in [1.54, 1.807) is 0 Å². The molecule has 5 heteroatoms. The van der Waals surface area contributed by atoms with Crippen LogP contribution in [0.2, 0.25) is 0 Å². The van der Waals surface area contributed by atoms with E-state index in [2.05, 4.69) is 161 Å². The first-order valence-corrected chi connectivity index (χ1v) is 16.4. The summed E-state index contributed by atoms with van der Waals surface area (Å²) in [6.45, 7) is 0. The summed E-state index contributed by atoms with van der Waals surface area (Å²) in [6, 6.07) is 28.7. The molecule has 3 heterocycles. The number of hydrogen-bond acceptors (Lipinski definition) is 5. The normalized spacial score (nSPS) is 25.5. The molecule has 1 N–H and O–H groups in total. The average Bonchev–Trinajstić information content (AvgIpc) is 3.42. The van der Waals surface area contributed by atoms with Gasteiger partial charge in [0.25, 0.3) is 0 Å². The van der Waals surface area contributed by atoms with Gasteiger partial charge in [0.05, 0.1) is 23.1 Å². The van der Waals surface area contributed by atoms with Gasteiger partial charge in [-0.25, -0.2) is 9.98 Å². The van der Waals surface area contributed by atoms with Crippen LogP contribution in [0.25, 0.3) is 11.3 Å². The van der Waals surface area contributed by atoms with Crippen molar-refractivity contribution < 1.29 is 0 Å². The first-order valence-electron chi connectivity index (χ1n) is 16.4. The summed E-state index contributed by atoms with van der Waals surface area (Å²) in [5.74, 6) is 2.27. The molecule has 0 fully saturated rings. The van der Waals surface area contributed by atoms with Crippen LogP contribution in [0.15, 0.2) is 161 Å². The molecule has 9 rings (SSSR count). The standard InChI is InChI=1S/C41H35N5/c1-4-16-28(17-5-1)39-42-40(29-18-6-2-7-19-29)44-41(43-39)46-35-26-14-11-23-32(35)37-31-22-10-13-25-34(31)45(30-20-8-3-9-21-30)38(37)33-24-12-15-27-36(33)46/h1-6,8-16,18,20-28,31,34,41H,7,17,19H2,(H,42,43,44). The van der Waals surface area contributed by atoms with Gasteiger partial charge in [0.1, 0.15) is 11.7 Å². The van der Waals surface area contributed by atoms with Crippen molar-refractivity contribution >= 4 is 40.0 Å². The van der Waals surface area contributed by atoms with Crippen LogP contribution in [0.3, 0.4) is 0 Å². The molecule has 0 amide bonds. The van der Waals surface area contributed by atoms with Gasteiger partial charge in [-0.05, 0) is 54.7 Å². The Bertz CT molecular complexity index is 1990. The highest BCUT2D eigenvalue weighted by molar-refractivity contribution is 6.13. The highest BCUT2D eigenvalue weighted by atomic mass is 15.4. The SMILES string of the molecule is C1=CCCC(C2=NC(N3c4ccccc4C4=C(c5ccccc53)N(c3ccccc3)C3C=CC=CC43)N=C(C3C=CC=CC3)N2)=C1. The Kier molecular flexibility index (Phi) is 6.55. The smallest absolute Gasteiger partial charge is 0.224 e. The topological polar surface area (TPSA) is 43.2 Å². The van der Waals surface area contributed by atoms with Gasteiger partial charge in [0.2, 0.25) is 6.29 Å². The number of rotatable bonds is 4. The third-order valence-electron chi connectivity index (χ3n) is 9.77. The molecular formula is C41H35N5. The minimum Gasteiger partial charge on any atom is -0.333 e. The van der Waals surface area contributed by atoms with Crippen LogP contribution >= 0.6 is 0 Å². The molecule has 0 saturated carbocycles. The predicted octanol–water partition coefficient (Wildman–Crippen LogP) is 8.73. The summed E-state index contributed by atoms with van der Waals surface area (Å²) in [5.41, 5.74) is 9.70. The fourth-order valence-corrected chi connectivity index (χ4v) is 7.70. The second-order valence-corrected chi connectivity index (χ2v) is 12.4. The van der Waals surface area contributed by atoms with Crippen LogP contribution < -0.4 is 15.1 Å². The van der Waals surface area contributed by atoms with Crippen molar-refractivity contribution in [3.05, 3.63) is 162 Å². The Morgan fingerprint density at radius 2 is 1.43 bits per heavy atom. The van der Waals surface area contributed by atoms with E-state index >= 15 is 0 Å². The highest BCUT2D eigenvalue weighted by Crippen LogP contribution is 2.55. The Morgan fingerprint density at radius 1 is 0.674 bits per heavy atom. The van der Waals surface area contributed by atoms with Gasteiger partial charge in [-0.2, -0.15) is 0 Å². The lowest BCUT2D eigenvalue weighted by Gasteiger charge is -2.37. The van der Waals surface area contributed by atoms with Crippen LogP contribution in [0, 0.1) is 11.8 Å². The van der Waals surface area contributed by atoms with Gasteiger partial charge >= 0.3 is 0 Å². The van der Waals surface area contributed by atoms with Crippen molar-refractivity contribution in [1.82, 2.24) is 5.32 Å². The van der Waals surface area contributed by atoms with Gasteiger partial charge in [-0.15, -0.1) is 0 Å². The van der Waals surface area contributed by atoms with Crippen LogP contribution in [0.5, 0.6) is 0 Å². The lowest BCUT2D eigenvalue weighted by Crippen LogP contribution is -2.45. The number of allylic oxidation sites excluding steroid dienone is 8. The number of fused-ring (bicyclic) bond motifs is 6. The lowest BCUT2D eigenvalue weighted by atomic mass is 9.85. The number of nitrogens with zero attached hydrogens (tertiary/aromatic N) is 4. The Morgan fingerprint density at radius 3 is 2.24 bits per heavy atom. The summed E-state index contributed by atoms with van der Waals surface area (Å²) in [4.78, 5) is 15.8. The molecule has 4 atom stereocenters. The van der Waals surface area contributed by atoms with Crippen molar-refractivity contribution in [2.75, 3.05) is 9.80 Å². The lowest BCUT2D eigenvalue weighted by molar-refractivity contribution is 0.678. The number of hydrogen-bond donors (Lipinski definition) is 1. The van der Waals surface area contributed by atoms with Gasteiger partial charge in [-0.1, -0.05) is 121 Å². The zero-order valence-electron chi connectivity index (χ0n) is 25.6. The molecule has 0 aromatic heterocycles. The number of nitrogens with one attached hydrogen (secondary N) is 1. The van der Waals surface area contributed by atoms with Gasteiger partial charge in [0.15, 0.2) is 0 Å². The van der Waals surface area contributed by atoms with E-state index in [1.807, 2.05) is 0 Å². The first-order chi connectivity index (χ1) is 22.8. The van der Waals surface area contributed by atoms with Crippen molar-refractivity contribution in [2.45, 2.75) is 31.6 Å². The molecule has 46 heavy (non-hydrogen) atoms. The molecule has 224 valence electrons. The molecule has 4 unspecified atom stereocenters. The van der Waals surface area contributed by atoms with Crippen LogP contribution in [0.1, 0.15) is 30.4 Å². The second kappa shape index (κ2) is 11.2. The van der Waals surface area contributed by atoms with Crippen molar-refractivity contribution in [3.63, 3.8) is 0 Å². The van der Waals surface area contributed by atoms with E-state index in [1.165, 1.54) is 33.7 Å². The number of amidine groups is 2. The molecule has 6 aliphatic rings. The summed E-state index contributed by atoms with van der Waals surface area (Å²) >= 11 is 0. The maximum absolute atomic E-state index is 5.42. The number of para-hydroxylation sites is 3. The number of benzene rings is 3. The molecule has 0 bridgehead atoms. The van der Waals surface area contributed by atoms with Crippen molar-refractivity contribution in [3.8, 4) is 0 Å². The van der Waals surface area contributed by atoms with E-state index in [0.717, 1.165) is 42.3 Å². The summed E-state index contributed by atoms with van der Waals surface area (Å²) in [7, 11) is 0. The van der Waals surface area contributed by atoms with Gasteiger partial charge in [0, 0.05) is 28.7 Å². The molecular weight excluding hydrogens is 562 g/mol. The van der Waals surface area contributed by atoms with Crippen molar-refractivity contribution in [1.29, 1.82) is 0 Å². The molecule has 3 aliphatic heterocycles. The maximum atomic E-state index is 5.42. The molecule has 0 saturated heterocycles. The number of anilines is 3. The molecule has 5 nitrogen and oxygen atoms in total. The van der Waals surface area contributed by atoms with Crippen LogP contribution in [-0.2, 0) is 0 Å². The van der Waals surface area contributed by atoms with Crippen LogP contribution in [0.4, 0.5) is 17.1 Å². The van der Waals surface area contributed by atoms with Gasteiger partial charge < -0.3 is 10.2 Å². The molecule has 3 aliphatic carbocycles. The third kappa shape index (κ3) is 4.38. The van der Waals surface area contributed by atoms with E-state index in [-0.39, 0.29) is 17.9 Å². The predicted molar refractivity (Wildman–Crippen MR) is 191 cm³/mol. The first kappa shape index (κ1) is 26.9. The summed E-state index contributed by atoms with van der Waals surface area (Å²) in [5, 5.41) is 3.68. The van der Waals surface area contributed by atoms with E-state index in [9.17, 15) is 0 Å². The highest BCUT2D eigenvalue weighted by Gasteiger charge is 2.45. The zero-order valence-corrected chi connectivity index (χ0v) is 25.6. The second-order valence-electron chi connectivity index (χ2n) is 12.4. The fourth-order valence-electron chi connectivity index (χ4n) is 7.70. The fraction of sp³-hybridized carbons (Fsp3) is 0.171. The van der Waals surface area contributed by atoms with Crippen LogP contribution in [-0.4, -0.2) is 24.0 Å². The largest absolute Gasteiger partial charge is 0.333 e. The maximum Gasteiger partial charge on any atom is 0.224 e. The zero-order chi connectivity index (χ0) is 30.5. The molecule has 3 aromatic carbocycles. The summed E-state index contributed by atoms with van der Waals surface area (Å²) in [6.07, 6.45) is 26.9. The monoisotopic (exact) mass is 597 g/mol. The Labute approximate surface area is 270 Å². The van der Waals surface area contributed by atoms with E-state index in [4.69, 9.17) is 9.98 Å². The Hall–Kier alpha value is -5.42. The number of aliphatic imine (C=N–C) groups is 2. The third-order valence-corrected chi connectivity index (χ3v) is 9.77. The van der Waals surface area contributed by atoms with Gasteiger partial charge in [-0.3, -0.25) is 4.90 Å². The quantitative estimate of drug-likeness (QED) is 0.327. The summed E-state index contributed by atoms with van der Waals surface area (Å²) < 4.78 is 0.